The lowest BCUT2D eigenvalue weighted by Gasteiger charge is -2.15. The number of nitrogens with one attached hydrogen (secondary N) is 3. The van der Waals surface area contributed by atoms with Crippen molar-refractivity contribution >= 4 is 28.7 Å². The van der Waals surface area contributed by atoms with Gasteiger partial charge >= 0.3 is 12.1 Å². The Bertz CT molecular complexity index is 1480. The van der Waals surface area contributed by atoms with Gasteiger partial charge in [-0.25, -0.2) is 13.9 Å². The Morgan fingerprint density at radius 3 is 2.56 bits per heavy atom. The summed E-state index contributed by atoms with van der Waals surface area (Å²) in [4.78, 5) is 40.4. The van der Waals surface area contributed by atoms with Crippen LogP contribution in [0.25, 0.3) is 10.9 Å². The number of halogens is 4. The highest BCUT2D eigenvalue weighted by Crippen LogP contribution is 2.30. The number of fused-ring (bicyclic) bond motifs is 1. The number of alkyl halides is 3. The highest BCUT2D eigenvalue weighted by atomic mass is 19.4. The minimum absolute atomic E-state index is 0.0176. The first-order valence-electron chi connectivity index (χ1n) is 11.6. The monoisotopic (exact) mass is 546 g/mol. The molecule has 0 aliphatic carbocycles. The normalized spacial score (nSPS) is 12.2. The lowest BCUT2D eigenvalue weighted by molar-refractivity contribution is -0.143. The van der Waals surface area contributed by atoms with Gasteiger partial charge in [0.15, 0.2) is 5.69 Å². The van der Waals surface area contributed by atoms with Gasteiger partial charge in [-0.1, -0.05) is 23.4 Å². The molecule has 2 heterocycles. The van der Waals surface area contributed by atoms with Crippen LogP contribution in [-0.4, -0.2) is 57.5 Å². The fourth-order valence-corrected chi connectivity index (χ4v) is 3.80. The van der Waals surface area contributed by atoms with Gasteiger partial charge in [0.2, 0.25) is 0 Å². The third-order valence-electron chi connectivity index (χ3n) is 5.74. The molecule has 0 fully saturated rings. The summed E-state index contributed by atoms with van der Waals surface area (Å²) in [7, 11) is 1.20. The van der Waals surface area contributed by atoms with Crippen molar-refractivity contribution in [2.45, 2.75) is 25.2 Å². The standard InChI is InChI=1S/C25H22F4N6O4/c1-39-24(38)20(12-16-10-14-4-2-3-5-19(14)31-16)32-23(37)21-13-35(34-33-21)9-8-30-22(36)17-7-6-15(11-18(17)26)25(27,28)29/h2-7,10-11,13,20,31H,8-9,12H2,1H3,(H,30,36)(H,32,37). The molecule has 2 aromatic heterocycles. The van der Waals surface area contributed by atoms with E-state index in [1.807, 2.05) is 30.3 Å². The van der Waals surface area contributed by atoms with Crippen LogP contribution < -0.4 is 10.6 Å². The number of aromatic amines is 1. The SMILES string of the molecule is COC(=O)C(Cc1cc2ccccc2[nH]1)NC(=O)c1cn(CCNC(=O)c2ccc(C(F)(F)F)cc2F)nn1. The predicted octanol–water partition coefficient (Wildman–Crippen LogP) is 2.86. The molecule has 0 aliphatic rings. The molecule has 1 atom stereocenters. The Hall–Kier alpha value is -4.75. The molecule has 4 aromatic rings. The van der Waals surface area contributed by atoms with Crippen LogP contribution in [0.2, 0.25) is 0 Å². The van der Waals surface area contributed by atoms with Crippen LogP contribution in [0, 0.1) is 5.82 Å². The number of nitrogens with zero attached hydrogens (tertiary/aromatic N) is 3. The van der Waals surface area contributed by atoms with Gasteiger partial charge in [0.1, 0.15) is 11.9 Å². The third-order valence-corrected chi connectivity index (χ3v) is 5.74. The first-order chi connectivity index (χ1) is 18.5. The van der Waals surface area contributed by atoms with Crippen molar-refractivity contribution in [1.82, 2.24) is 30.6 Å². The minimum Gasteiger partial charge on any atom is -0.467 e. The van der Waals surface area contributed by atoms with E-state index >= 15 is 0 Å². The number of benzene rings is 2. The summed E-state index contributed by atoms with van der Waals surface area (Å²) in [6, 6.07) is 9.98. The topological polar surface area (TPSA) is 131 Å². The van der Waals surface area contributed by atoms with Crippen molar-refractivity contribution < 1.29 is 36.7 Å². The summed E-state index contributed by atoms with van der Waals surface area (Å²) in [5, 5.41) is 13.4. The number of rotatable bonds is 9. The fourth-order valence-electron chi connectivity index (χ4n) is 3.80. The minimum atomic E-state index is -4.74. The zero-order chi connectivity index (χ0) is 28.2. The van der Waals surface area contributed by atoms with Crippen LogP contribution in [0.15, 0.2) is 54.7 Å². The number of methoxy groups -OCH3 is 1. The van der Waals surface area contributed by atoms with Gasteiger partial charge in [0.25, 0.3) is 11.8 Å². The van der Waals surface area contributed by atoms with E-state index in [0.717, 1.165) is 17.0 Å². The van der Waals surface area contributed by atoms with E-state index < -0.39 is 46.9 Å². The van der Waals surface area contributed by atoms with Crippen molar-refractivity contribution in [1.29, 1.82) is 0 Å². The van der Waals surface area contributed by atoms with Crippen molar-refractivity contribution in [2.75, 3.05) is 13.7 Å². The molecule has 0 bridgehead atoms. The van der Waals surface area contributed by atoms with Crippen molar-refractivity contribution in [3.05, 3.63) is 83.1 Å². The Morgan fingerprint density at radius 2 is 1.87 bits per heavy atom. The maximum atomic E-state index is 14.0. The summed E-state index contributed by atoms with van der Waals surface area (Å²) in [6.07, 6.45) is -3.33. The van der Waals surface area contributed by atoms with Crippen molar-refractivity contribution in [2.24, 2.45) is 0 Å². The average Bonchev–Trinajstić information content (AvgIpc) is 3.54. The van der Waals surface area contributed by atoms with Gasteiger partial charge in [0.05, 0.1) is 31.0 Å². The Balaban J connectivity index is 1.33. The predicted molar refractivity (Wildman–Crippen MR) is 129 cm³/mol. The Kier molecular flexibility index (Phi) is 7.93. The largest absolute Gasteiger partial charge is 0.467 e. The van der Waals surface area contributed by atoms with E-state index in [1.165, 1.54) is 18.0 Å². The molecular formula is C25H22F4N6O4. The second-order valence-corrected chi connectivity index (χ2v) is 8.45. The molecule has 0 aliphatic heterocycles. The van der Waals surface area contributed by atoms with E-state index in [0.29, 0.717) is 11.8 Å². The summed E-state index contributed by atoms with van der Waals surface area (Å²) in [5.41, 5.74) is -0.291. The molecule has 0 saturated carbocycles. The van der Waals surface area contributed by atoms with E-state index in [4.69, 9.17) is 4.74 Å². The van der Waals surface area contributed by atoms with Crippen LogP contribution in [0.3, 0.4) is 0 Å². The first kappa shape index (κ1) is 27.3. The van der Waals surface area contributed by atoms with E-state index in [2.05, 4.69) is 25.9 Å². The highest BCUT2D eigenvalue weighted by molar-refractivity contribution is 5.95. The summed E-state index contributed by atoms with van der Waals surface area (Å²) < 4.78 is 58.1. The quantitative estimate of drug-likeness (QED) is 0.219. The number of aromatic nitrogens is 4. The van der Waals surface area contributed by atoms with Crippen LogP contribution in [0.1, 0.15) is 32.1 Å². The molecule has 4 rings (SSSR count). The lowest BCUT2D eigenvalue weighted by atomic mass is 10.1. The molecule has 0 saturated heterocycles. The van der Waals surface area contributed by atoms with Gasteiger partial charge < -0.3 is 20.4 Å². The van der Waals surface area contributed by atoms with Gasteiger partial charge in [0, 0.05) is 24.2 Å². The first-order valence-corrected chi connectivity index (χ1v) is 11.6. The molecule has 2 aromatic carbocycles. The molecule has 3 N–H and O–H groups in total. The third kappa shape index (κ3) is 6.58. The summed E-state index contributed by atoms with van der Waals surface area (Å²) in [6.45, 7) is -0.0708. The van der Waals surface area contributed by atoms with Gasteiger partial charge in [-0.15, -0.1) is 5.10 Å². The maximum Gasteiger partial charge on any atom is 0.416 e. The van der Waals surface area contributed by atoms with E-state index in [-0.39, 0.29) is 31.3 Å². The van der Waals surface area contributed by atoms with Crippen LogP contribution in [0.5, 0.6) is 0 Å². The summed E-state index contributed by atoms with van der Waals surface area (Å²) in [5.74, 6) is -3.58. The Morgan fingerprint density at radius 1 is 1.10 bits per heavy atom. The van der Waals surface area contributed by atoms with Gasteiger partial charge in [-0.2, -0.15) is 13.2 Å². The number of carbonyl (C=O) groups is 3. The van der Waals surface area contributed by atoms with E-state index in [1.54, 1.807) is 0 Å². The second-order valence-electron chi connectivity index (χ2n) is 8.45. The molecule has 0 radical (unpaired) electrons. The number of para-hydroxylation sites is 1. The fraction of sp³-hybridized carbons (Fsp3) is 0.240. The number of esters is 1. The number of hydrogen-bond donors (Lipinski definition) is 3. The molecular weight excluding hydrogens is 524 g/mol. The van der Waals surface area contributed by atoms with Crippen LogP contribution in [0.4, 0.5) is 17.6 Å². The van der Waals surface area contributed by atoms with Gasteiger partial charge in [-0.3, -0.25) is 9.59 Å². The number of ether oxygens (including phenoxy) is 1. The van der Waals surface area contributed by atoms with Crippen molar-refractivity contribution in [3.63, 3.8) is 0 Å². The van der Waals surface area contributed by atoms with Crippen LogP contribution >= 0.6 is 0 Å². The molecule has 39 heavy (non-hydrogen) atoms. The zero-order valence-corrected chi connectivity index (χ0v) is 20.4. The van der Waals surface area contributed by atoms with Gasteiger partial charge in [-0.05, 0) is 35.7 Å². The number of amides is 2. The second kappa shape index (κ2) is 11.3. The van der Waals surface area contributed by atoms with Crippen LogP contribution in [-0.2, 0) is 28.7 Å². The van der Waals surface area contributed by atoms with E-state index in [9.17, 15) is 31.9 Å². The van der Waals surface area contributed by atoms with Crippen molar-refractivity contribution in [3.8, 4) is 0 Å². The number of hydrogen-bond acceptors (Lipinski definition) is 6. The molecule has 14 heteroatoms. The number of H-pyrrole nitrogens is 1. The number of carbonyl (C=O) groups excluding carboxylic acids is 3. The molecule has 204 valence electrons. The smallest absolute Gasteiger partial charge is 0.416 e. The summed E-state index contributed by atoms with van der Waals surface area (Å²) >= 11 is 0. The average molecular weight is 546 g/mol. The molecule has 2 amide bonds. The molecule has 10 nitrogen and oxygen atoms in total. The Labute approximate surface area is 218 Å². The lowest BCUT2D eigenvalue weighted by Crippen LogP contribution is -2.43. The molecule has 0 spiro atoms. The molecule has 1 unspecified atom stereocenters. The highest BCUT2D eigenvalue weighted by Gasteiger charge is 2.31. The maximum absolute atomic E-state index is 14.0. The zero-order valence-electron chi connectivity index (χ0n) is 20.4.